The van der Waals surface area contributed by atoms with Crippen molar-refractivity contribution >= 4 is 6.03 Å². The molecule has 0 atom stereocenters. The lowest BCUT2D eigenvalue weighted by atomic mass is 10.3. The molecule has 0 spiro atoms. The summed E-state index contributed by atoms with van der Waals surface area (Å²) in [5.74, 6) is 0. The van der Waals surface area contributed by atoms with E-state index in [1.807, 2.05) is 0 Å². The summed E-state index contributed by atoms with van der Waals surface area (Å²) >= 11 is 0. The fourth-order valence-electron chi connectivity index (χ4n) is 0.546. The predicted octanol–water partition coefficient (Wildman–Crippen LogP) is -1.34. The minimum absolute atomic E-state index is 0.256. The Balaban J connectivity index is 3.54. The molecule has 0 radical (unpaired) electrons. The molecular weight excluding hydrogens is 148 g/mol. The zero-order valence-electron chi connectivity index (χ0n) is 6.50. The van der Waals surface area contributed by atoms with Gasteiger partial charge in [0.05, 0.1) is 19.3 Å². The second kappa shape index (κ2) is 5.94. The molecule has 0 bridgehead atoms. The molecule has 0 aromatic rings. The molecule has 0 aromatic heterocycles. The number of carbonyl (C=O) groups is 1. The lowest BCUT2D eigenvalue weighted by Crippen LogP contribution is -2.45. The monoisotopic (exact) mass is 162 g/mol. The number of carbonyl (C=O) groups excluding carboxylic acids is 1. The van der Waals surface area contributed by atoms with Gasteiger partial charge < -0.3 is 20.8 Å². The van der Waals surface area contributed by atoms with Crippen LogP contribution in [0.25, 0.3) is 0 Å². The molecule has 0 saturated heterocycles. The van der Waals surface area contributed by atoms with E-state index in [4.69, 9.17) is 10.2 Å². The van der Waals surface area contributed by atoms with Gasteiger partial charge in [0.25, 0.3) is 0 Å². The van der Waals surface area contributed by atoms with Crippen LogP contribution in [0.2, 0.25) is 0 Å². The smallest absolute Gasteiger partial charge is 0.315 e. The fraction of sp³-hybridized carbons (Fsp3) is 0.833. The van der Waals surface area contributed by atoms with Gasteiger partial charge in [-0.05, 0) is 6.92 Å². The minimum Gasteiger partial charge on any atom is -0.394 e. The van der Waals surface area contributed by atoms with Crippen LogP contribution < -0.4 is 10.6 Å². The van der Waals surface area contributed by atoms with E-state index in [0.29, 0.717) is 6.54 Å². The molecule has 0 aliphatic rings. The molecule has 2 amide bonds. The SMILES string of the molecule is CCNC(=O)NC(CO)CO. The lowest BCUT2D eigenvalue weighted by Gasteiger charge is -2.12. The standard InChI is InChI=1S/C6H14N2O3/c1-2-7-6(11)8-5(3-9)4-10/h5,9-10H,2-4H2,1H3,(H2,7,8,11). The summed E-state index contributed by atoms with van der Waals surface area (Å²) in [5, 5.41) is 21.9. The Morgan fingerprint density at radius 1 is 1.45 bits per heavy atom. The van der Waals surface area contributed by atoms with Crippen LogP contribution in [0.1, 0.15) is 6.92 Å². The maximum absolute atomic E-state index is 10.7. The van der Waals surface area contributed by atoms with Gasteiger partial charge in [0.15, 0.2) is 0 Å². The quantitative estimate of drug-likeness (QED) is 0.413. The van der Waals surface area contributed by atoms with Gasteiger partial charge in [-0.2, -0.15) is 0 Å². The van der Waals surface area contributed by atoms with E-state index in [9.17, 15) is 4.79 Å². The van der Waals surface area contributed by atoms with Crippen molar-refractivity contribution < 1.29 is 15.0 Å². The highest BCUT2D eigenvalue weighted by molar-refractivity contribution is 5.74. The maximum atomic E-state index is 10.7. The van der Waals surface area contributed by atoms with Crippen molar-refractivity contribution in [3.8, 4) is 0 Å². The molecule has 11 heavy (non-hydrogen) atoms. The molecule has 0 aromatic carbocycles. The van der Waals surface area contributed by atoms with Crippen molar-refractivity contribution in [2.75, 3.05) is 19.8 Å². The van der Waals surface area contributed by atoms with Gasteiger partial charge in [0.2, 0.25) is 0 Å². The third-order valence-electron chi connectivity index (χ3n) is 1.11. The first-order valence-electron chi connectivity index (χ1n) is 3.50. The van der Waals surface area contributed by atoms with E-state index in [0.717, 1.165) is 0 Å². The number of aliphatic hydroxyl groups is 2. The van der Waals surface area contributed by atoms with Gasteiger partial charge in [0, 0.05) is 6.54 Å². The highest BCUT2D eigenvalue weighted by Gasteiger charge is 2.07. The molecular formula is C6H14N2O3. The Hall–Kier alpha value is -0.810. The molecule has 0 aliphatic heterocycles. The van der Waals surface area contributed by atoms with Crippen LogP contribution in [0.5, 0.6) is 0 Å². The van der Waals surface area contributed by atoms with Gasteiger partial charge in [-0.25, -0.2) is 4.79 Å². The van der Waals surface area contributed by atoms with Gasteiger partial charge >= 0.3 is 6.03 Å². The largest absolute Gasteiger partial charge is 0.394 e. The van der Waals surface area contributed by atoms with Crippen LogP contribution in [0.4, 0.5) is 4.79 Å². The average Bonchev–Trinajstić information content (AvgIpc) is 2.01. The molecule has 0 rings (SSSR count). The summed E-state index contributed by atoms with van der Waals surface area (Å²) in [4.78, 5) is 10.7. The lowest BCUT2D eigenvalue weighted by molar-refractivity contribution is 0.169. The summed E-state index contributed by atoms with van der Waals surface area (Å²) in [7, 11) is 0. The Morgan fingerprint density at radius 3 is 2.36 bits per heavy atom. The summed E-state index contributed by atoms with van der Waals surface area (Å²) in [6.07, 6.45) is 0. The first kappa shape index (κ1) is 10.2. The number of nitrogens with one attached hydrogen (secondary N) is 2. The Morgan fingerprint density at radius 2 is 2.00 bits per heavy atom. The van der Waals surface area contributed by atoms with Gasteiger partial charge in [-0.1, -0.05) is 0 Å². The molecule has 0 unspecified atom stereocenters. The zero-order chi connectivity index (χ0) is 8.69. The molecule has 0 saturated carbocycles. The van der Waals surface area contributed by atoms with E-state index in [2.05, 4.69) is 10.6 Å². The van der Waals surface area contributed by atoms with E-state index < -0.39 is 6.04 Å². The van der Waals surface area contributed by atoms with Crippen molar-refractivity contribution in [1.29, 1.82) is 0 Å². The first-order valence-corrected chi connectivity index (χ1v) is 3.50. The second-order valence-corrected chi connectivity index (χ2v) is 2.07. The number of amides is 2. The molecule has 5 heteroatoms. The van der Waals surface area contributed by atoms with Crippen LogP contribution >= 0.6 is 0 Å². The van der Waals surface area contributed by atoms with Crippen molar-refractivity contribution in [3.63, 3.8) is 0 Å². The van der Waals surface area contributed by atoms with Crippen molar-refractivity contribution in [1.82, 2.24) is 10.6 Å². The Labute approximate surface area is 65.4 Å². The summed E-state index contributed by atoms with van der Waals surface area (Å²) in [6, 6.07) is -0.942. The number of hydrogen-bond donors (Lipinski definition) is 4. The van der Waals surface area contributed by atoms with Crippen molar-refractivity contribution in [3.05, 3.63) is 0 Å². The number of hydrogen-bond acceptors (Lipinski definition) is 3. The third-order valence-corrected chi connectivity index (χ3v) is 1.11. The Kier molecular flexibility index (Phi) is 5.50. The molecule has 4 N–H and O–H groups in total. The van der Waals surface area contributed by atoms with Gasteiger partial charge in [0.1, 0.15) is 0 Å². The molecule has 66 valence electrons. The highest BCUT2D eigenvalue weighted by Crippen LogP contribution is 1.78. The minimum atomic E-state index is -0.568. The maximum Gasteiger partial charge on any atom is 0.315 e. The second-order valence-electron chi connectivity index (χ2n) is 2.07. The number of rotatable bonds is 4. The van der Waals surface area contributed by atoms with Gasteiger partial charge in [-0.15, -0.1) is 0 Å². The number of urea groups is 1. The van der Waals surface area contributed by atoms with Crippen LogP contribution in [0, 0.1) is 0 Å². The summed E-state index contributed by atoms with van der Waals surface area (Å²) in [6.45, 7) is 1.79. The van der Waals surface area contributed by atoms with Crippen LogP contribution in [0.15, 0.2) is 0 Å². The van der Waals surface area contributed by atoms with E-state index >= 15 is 0 Å². The van der Waals surface area contributed by atoms with E-state index in [1.165, 1.54) is 0 Å². The first-order chi connectivity index (χ1) is 5.24. The highest BCUT2D eigenvalue weighted by atomic mass is 16.3. The van der Waals surface area contributed by atoms with Crippen molar-refractivity contribution in [2.45, 2.75) is 13.0 Å². The van der Waals surface area contributed by atoms with Crippen LogP contribution in [0.3, 0.4) is 0 Å². The molecule has 0 heterocycles. The summed E-state index contributed by atoms with van der Waals surface area (Å²) in [5.41, 5.74) is 0. The van der Waals surface area contributed by atoms with E-state index in [-0.39, 0.29) is 19.2 Å². The summed E-state index contributed by atoms with van der Waals surface area (Å²) < 4.78 is 0. The molecule has 0 fully saturated rings. The van der Waals surface area contributed by atoms with Crippen LogP contribution in [-0.4, -0.2) is 42.0 Å². The normalized spacial score (nSPS) is 9.82. The molecule has 5 nitrogen and oxygen atoms in total. The van der Waals surface area contributed by atoms with Gasteiger partial charge in [-0.3, -0.25) is 0 Å². The van der Waals surface area contributed by atoms with Crippen LogP contribution in [-0.2, 0) is 0 Å². The third kappa shape index (κ3) is 4.58. The van der Waals surface area contributed by atoms with Crippen molar-refractivity contribution in [2.24, 2.45) is 0 Å². The topological polar surface area (TPSA) is 81.6 Å². The molecule has 0 aliphatic carbocycles. The van der Waals surface area contributed by atoms with E-state index in [1.54, 1.807) is 6.92 Å². The fourth-order valence-corrected chi connectivity index (χ4v) is 0.546. The average molecular weight is 162 g/mol. The predicted molar refractivity (Wildman–Crippen MR) is 40.2 cm³/mol. The zero-order valence-corrected chi connectivity index (χ0v) is 6.50. The Bertz CT molecular complexity index is 114. The number of aliphatic hydroxyl groups excluding tert-OH is 2.